The van der Waals surface area contributed by atoms with Crippen LogP contribution < -0.4 is 5.32 Å². The van der Waals surface area contributed by atoms with Crippen LogP contribution in [0.2, 0.25) is 0 Å². The summed E-state index contributed by atoms with van der Waals surface area (Å²) < 4.78 is 16.7. The van der Waals surface area contributed by atoms with Gasteiger partial charge in [-0.05, 0) is 38.7 Å². The number of nitrogens with zero attached hydrogens (tertiary/aromatic N) is 1. The molecule has 1 spiro atoms. The van der Waals surface area contributed by atoms with Crippen LogP contribution in [0.15, 0.2) is 30.3 Å². The Hall–Kier alpha value is -2.49. The Labute approximate surface area is 194 Å². The molecule has 2 heterocycles. The summed E-state index contributed by atoms with van der Waals surface area (Å²) in [6.07, 6.45) is 2.34. The highest BCUT2D eigenvalue weighted by Gasteiger charge is 2.48. The number of benzene rings is 1. The Morgan fingerprint density at radius 3 is 2.58 bits per heavy atom. The summed E-state index contributed by atoms with van der Waals surface area (Å²) in [5, 5.41) is 12.9. The van der Waals surface area contributed by atoms with Gasteiger partial charge >= 0.3 is 11.9 Å². The van der Waals surface area contributed by atoms with Gasteiger partial charge in [0.25, 0.3) is 0 Å². The lowest BCUT2D eigenvalue weighted by atomic mass is 9.94. The first-order valence-corrected chi connectivity index (χ1v) is 11.6. The molecule has 182 valence electrons. The van der Waals surface area contributed by atoms with Gasteiger partial charge in [0.2, 0.25) is 5.91 Å². The van der Waals surface area contributed by atoms with Crippen LogP contribution in [0.1, 0.15) is 45.1 Å². The molecule has 2 fully saturated rings. The Bertz CT molecular complexity index is 810. The highest BCUT2D eigenvalue weighted by Crippen LogP contribution is 2.34. The minimum absolute atomic E-state index is 0.0795. The monoisotopic (exact) mass is 462 g/mol. The van der Waals surface area contributed by atoms with Gasteiger partial charge in [-0.3, -0.25) is 14.9 Å². The number of rotatable bonds is 9. The van der Waals surface area contributed by atoms with E-state index in [1.54, 1.807) is 13.8 Å². The Morgan fingerprint density at radius 2 is 1.94 bits per heavy atom. The zero-order valence-electron chi connectivity index (χ0n) is 19.3. The fourth-order valence-electron chi connectivity index (χ4n) is 4.41. The summed E-state index contributed by atoms with van der Waals surface area (Å²) in [6.45, 7) is 4.85. The second-order valence-electron chi connectivity index (χ2n) is 8.52. The van der Waals surface area contributed by atoms with Gasteiger partial charge in [-0.1, -0.05) is 30.3 Å². The zero-order valence-corrected chi connectivity index (χ0v) is 19.3. The first-order valence-electron chi connectivity index (χ1n) is 11.6. The van der Waals surface area contributed by atoms with Crippen LogP contribution in [-0.4, -0.2) is 78.1 Å². The molecule has 9 heteroatoms. The number of piperidine rings is 1. The molecule has 1 aromatic rings. The molecular formula is C24H34N2O7. The maximum Gasteiger partial charge on any atom is 0.326 e. The molecule has 1 aromatic carbocycles. The molecule has 2 N–H and O–H groups in total. The van der Waals surface area contributed by atoms with Crippen LogP contribution in [0.5, 0.6) is 0 Å². The van der Waals surface area contributed by atoms with E-state index in [9.17, 15) is 19.5 Å². The number of hydrogen-bond acceptors (Lipinski definition) is 7. The number of nitrogens with one attached hydrogen (secondary N) is 1. The average molecular weight is 463 g/mol. The first kappa shape index (κ1) is 25.1. The summed E-state index contributed by atoms with van der Waals surface area (Å²) in [7, 11) is 0. The molecule has 2 aliphatic heterocycles. The average Bonchev–Trinajstić information content (AvgIpc) is 2.82. The predicted octanol–water partition coefficient (Wildman–Crippen LogP) is 1.74. The topological polar surface area (TPSA) is 114 Å². The van der Waals surface area contributed by atoms with Crippen molar-refractivity contribution < 1.29 is 33.7 Å². The maximum atomic E-state index is 13.2. The zero-order chi connectivity index (χ0) is 23.8. The Kier molecular flexibility index (Phi) is 8.82. The SMILES string of the molecule is CCOC(=O)C(CCc1ccccc1)N[C@@H](C)C(=O)N1CCC2(CC1C(=O)O)OCCCO2. The van der Waals surface area contributed by atoms with E-state index >= 15 is 0 Å². The molecular weight excluding hydrogens is 428 g/mol. The number of carboxylic acid groups (broad SMARTS) is 1. The van der Waals surface area contributed by atoms with Crippen LogP contribution in [-0.2, 0) is 35.0 Å². The number of likely N-dealkylation sites (tertiary alicyclic amines) is 1. The van der Waals surface area contributed by atoms with Crippen molar-refractivity contribution in [2.24, 2.45) is 0 Å². The number of hydrogen-bond donors (Lipinski definition) is 2. The van der Waals surface area contributed by atoms with Crippen LogP contribution in [0.25, 0.3) is 0 Å². The van der Waals surface area contributed by atoms with Gasteiger partial charge in [0.05, 0.1) is 25.9 Å². The van der Waals surface area contributed by atoms with E-state index < -0.39 is 35.9 Å². The number of amides is 1. The van der Waals surface area contributed by atoms with Gasteiger partial charge in [-0.15, -0.1) is 0 Å². The predicted molar refractivity (Wildman–Crippen MR) is 119 cm³/mol. The van der Waals surface area contributed by atoms with Crippen molar-refractivity contribution in [3.05, 3.63) is 35.9 Å². The molecule has 33 heavy (non-hydrogen) atoms. The van der Waals surface area contributed by atoms with Crippen LogP contribution in [0.4, 0.5) is 0 Å². The van der Waals surface area contributed by atoms with E-state index in [2.05, 4.69) is 5.32 Å². The summed E-state index contributed by atoms with van der Waals surface area (Å²) in [5.41, 5.74) is 1.08. The van der Waals surface area contributed by atoms with Gasteiger partial charge in [0.15, 0.2) is 5.79 Å². The molecule has 3 rings (SSSR count). The number of aryl methyl sites for hydroxylation is 1. The van der Waals surface area contributed by atoms with E-state index in [0.717, 1.165) is 12.0 Å². The van der Waals surface area contributed by atoms with Crippen molar-refractivity contribution in [2.75, 3.05) is 26.4 Å². The fraction of sp³-hybridized carbons (Fsp3) is 0.625. The van der Waals surface area contributed by atoms with Gasteiger partial charge in [0.1, 0.15) is 12.1 Å². The number of carboxylic acids is 1. The molecule has 0 saturated carbocycles. The molecule has 0 bridgehead atoms. The number of carbonyl (C=O) groups excluding carboxylic acids is 2. The van der Waals surface area contributed by atoms with Crippen LogP contribution in [0, 0.1) is 0 Å². The second kappa shape index (κ2) is 11.6. The summed E-state index contributed by atoms with van der Waals surface area (Å²) >= 11 is 0. The fourth-order valence-corrected chi connectivity index (χ4v) is 4.41. The highest BCUT2D eigenvalue weighted by atomic mass is 16.7. The molecule has 1 amide bonds. The van der Waals surface area contributed by atoms with Gasteiger partial charge in [-0.25, -0.2) is 4.79 Å². The molecule has 2 aliphatic rings. The number of esters is 1. The van der Waals surface area contributed by atoms with Gasteiger partial charge in [0, 0.05) is 19.4 Å². The number of aliphatic carboxylic acids is 1. The molecule has 2 saturated heterocycles. The molecule has 0 aromatic heterocycles. The van der Waals surface area contributed by atoms with E-state index in [1.807, 2.05) is 30.3 Å². The van der Waals surface area contributed by atoms with Crippen LogP contribution in [0.3, 0.4) is 0 Å². The van der Waals surface area contributed by atoms with Crippen molar-refractivity contribution in [3.8, 4) is 0 Å². The molecule has 0 radical (unpaired) electrons. The Morgan fingerprint density at radius 1 is 1.24 bits per heavy atom. The van der Waals surface area contributed by atoms with E-state index in [1.165, 1.54) is 4.90 Å². The van der Waals surface area contributed by atoms with Gasteiger partial charge < -0.3 is 24.2 Å². The quantitative estimate of drug-likeness (QED) is 0.534. The minimum atomic E-state index is -1.10. The maximum absolute atomic E-state index is 13.2. The molecule has 0 aliphatic carbocycles. The minimum Gasteiger partial charge on any atom is -0.480 e. The van der Waals surface area contributed by atoms with Crippen molar-refractivity contribution in [3.63, 3.8) is 0 Å². The second-order valence-corrected chi connectivity index (χ2v) is 8.52. The van der Waals surface area contributed by atoms with Crippen molar-refractivity contribution in [1.29, 1.82) is 0 Å². The van der Waals surface area contributed by atoms with Crippen LogP contribution >= 0.6 is 0 Å². The lowest BCUT2D eigenvalue weighted by molar-refractivity contribution is -0.288. The van der Waals surface area contributed by atoms with Crippen molar-refractivity contribution >= 4 is 17.8 Å². The lowest BCUT2D eigenvalue weighted by Gasteiger charge is -2.46. The number of ether oxygens (including phenoxy) is 3. The summed E-state index contributed by atoms with van der Waals surface area (Å²) in [6, 6.07) is 7.25. The first-order chi connectivity index (χ1) is 15.8. The third-order valence-corrected chi connectivity index (χ3v) is 6.16. The largest absolute Gasteiger partial charge is 0.480 e. The summed E-state index contributed by atoms with van der Waals surface area (Å²) in [5.74, 6) is -2.84. The third-order valence-electron chi connectivity index (χ3n) is 6.16. The van der Waals surface area contributed by atoms with Crippen molar-refractivity contribution in [1.82, 2.24) is 10.2 Å². The van der Waals surface area contributed by atoms with E-state index in [0.29, 0.717) is 32.5 Å². The van der Waals surface area contributed by atoms with Gasteiger partial charge in [-0.2, -0.15) is 0 Å². The molecule has 3 atom stereocenters. The van der Waals surface area contributed by atoms with E-state index in [-0.39, 0.29) is 25.5 Å². The molecule has 2 unspecified atom stereocenters. The lowest BCUT2D eigenvalue weighted by Crippen LogP contribution is -2.61. The van der Waals surface area contributed by atoms with Crippen molar-refractivity contribution in [2.45, 2.75) is 69.9 Å². The molecule has 9 nitrogen and oxygen atoms in total. The number of carbonyl (C=O) groups is 3. The highest BCUT2D eigenvalue weighted by molar-refractivity contribution is 5.88. The van der Waals surface area contributed by atoms with E-state index in [4.69, 9.17) is 14.2 Å². The summed E-state index contributed by atoms with van der Waals surface area (Å²) in [4.78, 5) is 39.1. The normalized spacial score (nSPS) is 21.9. The standard InChI is InChI=1S/C24H34N2O7/c1-3-31-23(30)19(11-10-18-8-5-4-6-9-18)25-17(2)21(27)26-13-12-24(16-20(26)22(28)29)32-14-7-15-33-24/h4-6,8-9,17,19-20,25H,3,7,10-16H2,1-2H3,(H,28,29)/t17-,19?,20?/m0/s1. The smallest absolute Gasteiger partial charge is 0.326 e. The third kappa shape index (κ3) is 6.52. The Balaban J connectivity index is 1.66.